The van der Waals surface area contributed by atoms with E-state index in [0.29, 0.717) is 6.07 Å². The smallest absolute Gasteiger partial charge is 0.545 e. The number of rotatable bonds is 3. The minimum Gasteiger partial charge on any atom is -0.545 e. The second-order valence-electron chi connectivity index (χ2n) is 2.62. The molecule has 0 spiro atoms. The van der Waals surface area contributed by atoms with Gasteiger partial charge in [0.2, 0.25) is 0 Å². The minimum atomic E-state index is -1.79. The number of aromatic carboxylic acids is 3. The number of benzene rings is 1. The SMILES string of the molecule is O=C([O-])c1ccc(C(=O)[O-])c(C(=O)[O-])c1.[La+3]. The van der Waals surface area contributed by atoms with E-state index in [0.717, 1.165) is 12.1 Å². The second kappa shape index (κ2) is 5.79. The van der Waals surface area contributed by atoms with E-state index >= 15 is 0 Å². The first-order chi connectivity index (χ1) is 6.93. The number of carbonyl (C=O) groups excluding carboxylic acids is 3. The Morgan fingerprint density at radius 1 is 0.812 bits per heavy atom. The largest absolute Gasteiger partial charge is 3.00 e. The predicted octanol–water partition coefficient (Wildman–Crippen LogP) is -3.22. The van der Waals surface area contributed by atoms with E-state index in [4.69, 9.17) is 0 Å². The summed E-state index contributed by atoms with van der Waals surface area (Å²) in [5, 5.41) is 31.3. The van der Waals surface area contributed by atoms with Gasteiger partial charge in [0.25, 0.3) is 0 Å². The molecule has 0 fully saturated rings. The van der Waals surface area contributed by atoms with E-state index in [1.807, 2.05) is 0 Å². The molecule has 0 aromatic heterocycles. The number of carbonyl (C=O) groups is 3. The molecule has 6 nitrogen and oxygen atoms in total. The van der Waals surface area contributed by atoms with Gasteiger partial charge >= 0.3 is 35.6 Å². The van der Waals surface area contributed by atoms with Gasteiger partial charge in [0.05, 0.1) is 17.9 Å². The van der Waals surface area contributed by atoms with Crippen molar-refractivity contribution in [1.29, 1.82) is 0 Å². The topological polar surface area (TPSA) is 120 Å². The van der Waals surface area contributed by atoms with Crippen molar-refractivity contribution in [3.05, 3.63) is 34.9 Å². The first-order valence-corrected chi connectivity index (χ1v) is 3.71. The Balaban J connectivity index is 0.00000225. The third kappa shape index (κ3) is 3.16. The summed E-state index contributed by atoms with van der Waals surface area (Å²) >= 11 is 0. The van der Waals surface area contributed by atoms with Crippen LogP contribution in [0.4, 0.5) is 0 Å². The fourth-order valence-corrected chi connectivity index (χ4v) is 1.02. The zero-order valence-corrected chi connectivity index (χ0v) is 11.4. The van der Waals surface area contributed by atoms with Crippen LogP contribution in [-0.4, -0.2) is 17.9 Å². The second-order valence-corrected chi connectivity index (χ2v) is 2.62. The van der Waals surface area contributed by atoms with Gasteiger partial charge < -0.3 is 29.7 Å². The van der Waals surface area contributed by atoms with Crippen LogP contribution in [0.5, 0.6) is 0 Å². The Morgan fingerprint density at radius 2 is 1.31 bits per heavy atom. The maximum absolute atomic E-state index is 10.5. The van der Waals surface area contributed by atoms with Gasteiger partial charge in [-0.3, -0.25) is 0 Å². The fourth-order valence-electron chi connectivity index (χ4n) is 1.02. The van der Waals surface area contributed by atoms with Crippen molar-refractivity contribution in [2.45, 2.75) is 0 Å². The van der Waals surface area contributed by atoms with Crippen LogP contribution in [0.25, 0.3) is 0 Å². The maximum Gasteiger partial charge on any atom is 3.00 e. The third-order valence-electron chi connectivity index (χ3n) is 1.70. The third-order valence-corrected chi connectivity index (χ3v) is 1.70. The Morgan fingerprint density at radius 3 is 1.69 bits per heavy atom. The molecule has 1 aromatic rings. The van der Waals surface area contributed by atoms with Crippen molar-refractivity contribution in [3.8, 4) is 0 Å². The normalized spacial score (nSPS) is 9.00. The molecule has 1 aromatic carbocycles. The van der Waals surface area contributed by atoms with E-state index in [1.54, 1.807) is 0 Å². The van der Waals surface area contributed by atoms with E-state index in [1.165, 1.54) is 0 Å². The van der Waals surface area contributed by atoms with Gasteiger partial charge in [0.1, 0.15) is 0 Å². The first-order valence-electron chi connectivity index (χ1n) is 3.71. The Labute approximate surface area is 117 Å². The van der Waals surface area contributed by atoms with Gasteiger partial charge in [-0.15, -0.1) is 0 Å². The van der Waals surface area contributed by atoms with Gasteiger partial charge in [0, 0.05) is 11.1 Å². The Kier molecular flexibility index (Phi) is 5.36. The van der Waals surface area contributed by atoms with Crippen LogP contribution >= 0.6 is 0 Å². The van der Waals surface area contributed by atoms with Crippen LogP contribution in [-0.2, 0) is 0 Å². The van der Waals surface area contributed by atoms with Crippen molar-refractivity contribution >= 4 is 17.9 Å². The molecule has 16 heavy (non-hydrogen) atoms. The van der Waals surface area contributed by atoms with Gasteiger partial charge in [-0.2, -0.15) is 0 Å². The molecule has 0 unspecified atom stereocenters. The standard InChI is InChI=1S/C9H6O6.La/c10-7(11)4-1-2-5(8(12)13)6(3-4)9(14)15;/h1-3H,(H,10,11)(H,12,13)(H,14,15);/q;+3/p-3. The monoisotopic (exact) mass is 346 g/mol. The first kappa shape index (κ1) is 14.8. The van der Waals surface area contributed by atoms with Crippen molar-refractivity contribution in [3.63, 3.8) is 0 Å². The summed E-state index contributed by atoms with van der Waals surface area (Å²) in [5.41, 5.74) is -1.84. The van der Waals surface area contributed by atoms with E-state index in [-0.39, 0.29) is 35.6 Å². The van der Waals surface area contributed by atoms with Gasteiger partial charge in [-0.25, -0.2) is 0 Å². The van der Waals surface area contributed by atoms with Crippen molar-refractivity contribution in [1.82, 2.24) is 0 Å². The predicted molar refractivity (Wildman–Crippen MR) is 39.4 cm³/mol. The zero-order valence-electron chi connectivity index (χ0n) is 7.76. The molecule has 0 saturated carbocycles. The van der Waals surface area contributed by atoms with Crippen molar-refractivity contribution in [2.75, 3.05) is 0 Å². The average molecular weight is 346 g/mol. The quantitative estimate of drug-likeness (QED) is 0.568. The molecule has 0 heterocycles. The summed E-state index contributed by atoms with van der Waals surface area (Å²) in [6.07, 6.45) is 0. The van der Waals surface area contributed by atoms with Crippen LogP contribution in [0.1, 0.15) is 31.1 Å². The number of hydrogen-bond donors (Lipinski definition) is 0. The summed E-state index contributed by atoms with van der Waals surface area (Å²) in [5.74, 6) is -5.13. The van der Waals surface area contributed by atoms with Crippen molar-refractivity contribution < 1.29 is 65.3 Å². The Bertz CT molecular complexity index is 453. The summed E-state index contributed by atoms with van der Waals surface area (Å²) in [6.45, 7) is 0. The fraction of sp³-hybridized carbons (Fsp3) is 0. The van der Waals surface area contributed by atoms with Crippen LogP contribution in [0.2, 0.25) is 0 Å². The van der Waals surface area contributed by atoms with Gasteiger partial charge in [-0.1, -0.05) is 12.1 Å². The molecule has 78 valence electrons. The minimum absolute atomic E-state index is 0. The molecule has 7 heteroatoms. The summed E-state index contributed by atoms with van der Waals surface area (Å²) in [4.78, 5) is 31.3. The van der Waals surface area contributed by atoms with Crippen LogP contribution in [0, 0.1) is 35.6 Å². The molecule has 0 amide bonds. The molecule has 0 aliphatic heterocycles. The van der Waals surface area contributed by atoms with Crippen molar-refractivity contribution in [2.24, 2.45) is 0 Å². The molecule has 0 bridgehead atoms. The molecule has 0 saturated heterocycles. The molecule has 0 N–H and O–H groups in total. The van der Waals surface area contributed by atoms with E-state index in [2.05, 4.69) is 0 Å². The van der Waals surface area contributed by atoms with Crippen LogP contribution < -0.4 is 15.3 Å². The molecule has 0 atom stereocenters. The molecular formula is C9H3LaO6. The van der Waals surface area contributed by atoms with Gasteiger partial charge in [-0.05, 0) is 11.6 Å². The van der Waals surface area contributed by atoms with Crippen LogP contribution in [0.3, 0.4) is 0 Å². The zero-order chi connectivity index (χ0) is 11.6. The van der Waals surface area contributed by atoms with E-state index < -0.39 is 34.6 Å². The number of hydrogen-bond acceptors (Lipinski definition) is 6. The summed E-state index contributed by atoms with van der Waals surface area (Å²) in [6, 6.07) is 2.37. The number of carboxylic acid groups (broad SMARTS) is 3. The Hall–Kier alpha value is -1.18. The van der Waals surface area contributed by atoms with E-state index in [9.17, 15) is 29.7 Å². The molecule has 0 aliphatic carbocycles. The molecular weight excluding hydrogens is 343 g/mol. The molecule has 0 aliphatic rings. The number of carboxylic acids is 3. The summed E-state index contributed by atoms with van der Waals surface area (Å²) in [7, 11) is 0. The average Bonchev–Trinajstić information content (AvgIpc) is 2.16. The van der Waals surface area contributed by atoms with Gasteiger partial charge in [0.15, 0.2) is 0 Å². The summed E-state index contributed by atoms with van der Waals surface area (Å²) < 4.78 is 0. The molecule has 1 rings (SSSR count). The van der Waals surface area contributed by atoms with Crippen LogP contribution in [0.15, 0.2) is 18.2 Å². The maximum atomic E-state index is 10.5. The molecule has 0 radical (unpaired) electrons.